The summed E-state index contributed by atoms with van der Waals surface area (Å²) in [5.41, 5.74) is 16.6. The molecule has 1 nitrogen and oxygen atoms in total. The van der Waals surface area contributed by atoms with Crippen molar-refractivity contribution in [3.63, 3.8) is 0 Å². The Balaban J connectivity index is 1.16. The van der Waals surface area contributed by atoms with Crippen molar-refractivity contribution in [3.05, 3.63) is 187 Å². The zero-order chi connectivity index (χ0) is 35.3. The van der Waals surface area contributed by atoms with Gasteiger partial charge in [0.05, 0.1) is 0 Å². The van der Waals surface area contributed by atoms with Gasteiger partial charge < -0.3 is 0 Å². The fourth-order valence-electron chi connectivity index (χ4n) is 8.98. The van der Waals surface area contributed by atoms with Gasteiger partial charge in [0.25, 0.3) is 0 Å². The number of para-hydroxylation sites is 2. The van der Waals surface area contributed by atoms with Crippen molar-refractivity contribution in [2.45, 2.75) is 19.3 Å². The molecule has 10 aromatic rings. The van der Waals surface area contributed by atoms with E-state index in [-0.39, 0.29) is 19.9 Å². The predicted molar refractivity (Wildman–Crippen MR) is 227 cm³/mol. The fraction of sp³-hybridized carbons (Fsp3) is 0.0588. The summed E-state index contributed by atoms with van der Waals surface area (Å²) >= 11 is 0.248. The van der Waals surface area contributed by atoms with E-state index in [1.165, 1.54) is 102 Å². The molecule has 1 aliphatic carbocycles. The summed E-state index contributed by atoms with van der Waals surface area (Å²) in [6.45, 7) is 4.74. The van der Waals surface area contributed by atoms with E-state index in [4.69, 9.17) is 0 Å². The van der Waals surface area contributed by atoms with Crippen LogP contribution in [0.15, 0.2) is 176 Å². The van der Waals surface area contributed by atoms with Gasteiger partial charge in [-0.3, -0.25) is 0 Å². The van der Waals surface area contributed by atoms with Crippen LogP contribution < -0.4 is 0 Å². The van der Waals surface area contributed by atoms with Crippen LogP contribution in [-0.2, 0) is 5.41 Å². The van der Waals surface area contributed by atoms with Gasteiger partial charge in [-0.25, -0.2) is 0 Å². The van der Waals surface area contributed by atoms with E-state index in [1.807, 2.05) is 0 Å². The summed E-state index contributed by atoms with van der Waals surface area (Å²) < 4.78 is 5.37. The molecule has 2 aromatic heterocycles. The molecule has 0 radical (unpaired) electrons. The third kappa shape index (κ3) is 4.63. The molecule has 0 unspecified atom stereocenters. The molecule has 0 atom stereocenters. The van der Waals surface area contributed by atoms with Gasteiger partial charge in [0, 0.05) is 0 Å². The van der Waals surface area contributed by atoms with Crippen LogP contribution in [-0.4, -0.2) is 19.1 Å². The first kappa shape index (κ1) is 30.7. The molecule has 0 amide bonds. The van der Waals surface area contributed by atoms with E-state index in [0.717, 1.165) is 0 Å². The SMILES string of the molecule is CC1(C)c2ccccc2-c2ccc(-c3cc(-c4ccc5c6ccccc6n(-c6ccccc6)c5c4)cc(-c4cccc5c4[se]c4ccccc45)c3)cc21. The van der Waals surface area contributed by atoms with Gasteiger partial charge in [0.1, 0.15) is 0 Å². The molecule has 0 N–H and O–H groups in total. The van der Waals surface area contributed by atoms with E-state index >= 15 is 0 Å². The van der Waals surface area contributed by atoms with E-state index in [1.54, 1.807) is 0 Å². The fourth-order valence-corrected chi connectivity index (χ4v) is 11.6. The summed E-state index contributed by atoms with van der Waals surface area (Å²) in [6.07, 6.45) is 0. The standard InChI is InChI=1S/C51H35NSe/c1-51(2)45-20-9-6-15-39(45)40-25-23-32(30-46(40)51)34-27-35(29-36(28-34)38-18-12-19-44-43-17-8-11-22-49(43)53-50(38)44)33-24-26-42-41-16-7-10-21-47(41)52(48(42)31-33)37-13-4-3-5-14-37/h3-31H,1-2H3. The van der Waals surface area contributed by atoms with Crippen LogP contribution in [0, 0.1) is 0 Å². The molecule has 0 saturated heterocycles. The zero-order valence-electron chi connectivity index (χ0n) is 29.6. The molecule has 2 heteroatoms. The first-order valence-electron chi connectivity index (χ1n) is 18.4. The third-order valence-corrected chi connectivity index (χ3v) is 14.1. The molecule has 8 aromatic carbocycles. The van der Waals surface area contributed by atoms with Crippen LogP contribution in [0.3, 0.4) is 0 Å². The van der Waals surface area contributed by atoms with E-state index < -0.39 is 0 Å². The van der Waals surface area contributed by atoms with Crippen molar-refractivity contribution < 1.29 is 0 Å². The van der Waals surface area contributed by atoms with Crippen molar-refractivity contribution in [3.8, 4) is 50.2 Å². The van der Waals surface area contributed by atoms with Crippen molar-refractivity contribution in [2.24, 2.45) is 0 Å². The average Bonchev–Trinajstić information content (AvgIpc) is 3.83. The maximum absolute atomic E-state index is 2.46. The molecule has 53 heavy (non-hydrogen) atoms. The van der Waals surface area contributed by atoms with Gasteiger partial charge in [0.15, 0.2) is 0 Å². The van der Waals surface area contributed by atoms with Crippen molar-refractivity contribution >= 4 is 55.6 Å². The summed E-state index contributed by atoms with van der Waals surface area (Å²) in [7, 11) is 0. The summed E-state index contributed by atoms with van der Waals surface area (Å²) in [5.74, 6) is 0. The number of benzene rings is 8. The Hall–Kier alpha value is -5.92. The number of aromatic nitrogens is 1. The normalized spacial score (nSPS) is 13.2. The monoisotopic (exact) mass is 741 g/mol. The Kier molecular flexibility index (Phi) is 6.68. The van der Waals surface area contributed by atoms with Crippen LogP contribution in [0.1, 0.15) is 25.0 Å². The Bertz CT molecular complexity index is 3080. The van der Waals surface area contributed by atoms with Crippen LogP contribution in [0.5, 0.6) is 0 Å². The molecule has 0 bridgehead atoms. The summed E-state index contributed by atoms with van der Waals surface area (Å²) in [5, 5.41) is 5.32. The molecular formula is C51H35NSe. The van der Waals surface area contributed by atoms with Crippen molar-refractivity contribution in [2.75, 3.05) is 0 Å². The maximum atomic E-state index is 2.46. The summed E-state index contributed by atoms with van der Waals surface area (Å²) in [4.78, 5) is 0. The average molecular weight is 741 g/mol. The van der Waals surface area contributed by atoms with Crippen molar-refractivity contribution in [1.82, 2.24) is 4.57 Å². The molecule has 0 fully saturated rings. The molecule has 250 valence electrons. The van der Waals surface area contributed by atoms with Gasteiger partial charge in [-0.1, -0.05) is 6.07 Å². The first-order valence-corrected chi connectivity index (χ1v) is 20.1. The van der Waals surface area contributed by atoms with Crippen LogP contribution in [0.2, 0.25) is 0 Å². The Labute approximate surface area is 315 Å². The molecule has 1 aliphatic rings. The van der Waals surface area contributed by atoms with Gasteiger partial charge in [-0.2, -0.15) is 0 Å². The third-order valence-electron chi connectivity index (χ3n) is 11.6. The van der Waals surface area contributed by atoms with Crippen LogP contribution in [0.4, 0.5) is 0 Å². The number of nitrogens with zero attached hydrogens (tertiary/aromatic N) is 1. The minimum atomic E-state index is -0.0627. The number of hydrogen-bond donors (Lipinski definition) is 0. The second kappa shape index (κ2) is 11.5. The number of hydrogen-bond acceptors (Lipinski definition) is 0. The van der Waals surface area contributed by atoms with E-state index in [0.29, 0.717) is 0 Å². The molecule has 2 heterocycles. The molecule has 11 rings (SSSR count). The van der Waals surface area contributed by atoms with Gasteiger partial charge in [0.2, 0.25) is 0 Å². The number of rotatable bonds is 4. The minimum absolute atomic E-state index is 0.0627. The molecular weight excluding hydrogens is 706 g/mol. The second-order valence-corrected chi connectivity index (χ2v) is 17.1. The van der Waals surface area contributed by atoms with E-state index in [9.17, 15) is 0 Å². The number of fused-ring (bicyclic) bond motifs is 9. The van der Waals surface area contributed by atoms with Gasteiger partial charge in [-0.15, -0.1) is 0 Å². The van der Waals surface area contributed by atoms with E-state index in [2.05, 4.69) is 194 Å². The Morgan fingerprint density at radius 3 is 1.89 bits per heavy atom. The Morgan fingerprint density at radius 2 is 1.02 bits per heavy atom. The molecule has 0 aliphatic heterocycles. The van der Waals surface area contributed by atoms with Gasteiger partial charge >= 0.3 is 311 Å². The van der Waals surface area contributed by atoms with Gasteiger partial charge in [-0.05, 0) is 0 Å². The molecule has 0 saturated carbocycles. The predicted octanol–water partition coefficient (Wildman–Crippen LogP) is 13.5. The quantitative estimate of drug-likeness (QED) is 0.158. The Morgan fingerprint density at radius 1 is 0.396 bits per heavy atom. The van der Waals surface area contributed by atoms with Crippen LogP contribution in [0.25, 0.3) is 91.3 Å². The molecule has 0 spiro atoms. The topological polar surface area (TPSA) is 4.93 Å². The van der Waals surface area contributed by atoms with Crippen molar-refractivity contribution in [1.29, 1.82) is 0 Å². The summed E-state index contributed by atoms with van der Waals surface area (Å²) in [6, 6.07) is 65.8. The zero-order valence-corrected chi connectivity index (χ0v) is 31.3. The van der Waals surface area contributed by atoms with Crippen LogP contribution >= 0.6 is 0 Å². The second-order valence-electron chi connectivity index (χ2n) is 14.9. The first-order chi connectivity index (χ1) is 26.0.